The molecule has 0 saturated heterocycles. The van der Waals surface area contributed by atoms with Gasteiger partial charge in [0.25, 0.3) is 0 Å². The van der Waals surface area contributed by atoms with Crippen LogP contribution in [0.1, 0.15) is 25.3 Å². The molecule has 0 saturated carbocycles. The number of methoxy groups -OCH3 is 1. The number of carbonyl (C=O) groups is 1. The molecule has 1 aromatic rings. The minimum Gasteiger partial charge on any atom is -0.496 e. The van der Waals surface area contributed by atoms with Gasteiger partial charge in [-0.3, -0.25) is 4.79 Å². The van der Waals surface area contributed by atoms with Gasteiger partial charge in [-0.05, 0) is 31.0 Å². The van der Waals surface area contributed by atoms with Gasteiger partial charge >= 0.3 is 0 Å². The Hall–Kier alpha value is -1.07. The normalized spacial score (nSPS) is 12.0. The van der Waals surface area contributed by atoms with Crippen molar-refractivity contribution in [1.29, 1.82) is 0 Å². The molecule has 0 radical (unpaired) electrons. The molecular weight excluding hydrogens is 310 g/mol. The maximum atomic E-state index is 12.0. The molecule has 19 heavy (non-hydrogen) atoms. The molecule has 0 aliphatic rings. The van der Waals surface area contributed by atoms with Crippen molar-refractivity contribution >= 4 is 21.8 Å². The van der Waals surface area contributed by atoms with E-state index in [0.29, 0.717) is 12.2 Å². The smallest absolute Gasteiger partial charge is 0.224 e. The molecular formula is C14H20BrNO3. The van der Waals surface area contributed by atoms with Gasteiger partial charge in [-0.15, -0.1) is 0 Å². The van der Waals surface area contributed by atoms with Crippen LogP contribution in [0.4, 0.5) is 0 Å². The average Bonchev–Trinajstić information content (AvgIpc) is 2.38. The highest BCUT2D eigenvalue weighted by atomic mass is 79.9. The van der Waals surface area contributed by atoms with E-state index in [-0.39, 0.29) is 25.0 Å². The van der Waals surface area contributed by atoms with Crippen molar-refractivity contribution in [3.8, 4) is 5.75 Å². The van der Waals surface area contributed by atoms with E-state index in [9.17, 15) is 4.79 Å². The summed E-state index contributed by atoms with van der Waals surface area (Å²) in [6.07, 6.45) is 1.66. The maximum Gasteiger partial charge on any atom is 0.224 e. The van der Waals surface area contributed by atoms with Gasteiger partial charge in [-0.1, -0.05) is 22.9 Å². The summed E-state index contributed by atoms with van der Waals surface area (Å²) in [6.45, 7) is 2.07. The Morgan fingerprint density at radius 2 is 2.26 bits per heavy atom. The predicted octanol–water partition coefficient (Wildman–Crippen LogP) is 2.28. The number of aliphatic hydroxyl groups excluding tert-OH is 1. The average molecular weight is 330 g/mol. The third-order valence-electron chi connectivity index (χ3n) is 2.93. The highest BCUT2D eigenvalue weighted by Gasteiger charge is 2.13. The number of aliphatic hydroxyl groups is 1. The van der Waals surface area contributed by atoms with Crippen LogP contribution in [0.3, 0.4) is 0 Å². The lowest BCUT2D eigenvalue weighted by Gasteiger charge is -2.16. The van der Waals surface area contributed by atoms with Crippen LogP contribution in [-0.2, 0) is 11.2 Å². The summed E-state index contributed by atoms with van der Waals surface area (Å²) in [5.41, 5.74) is 0.841. The lowest BCUT2D eigenvalue weighted by Crippen LogP contribution is -2.36. The molecule has 1 unspecified atom stereocenters. The van der Waals surface area contributed by atoms with E-state index in [1.165, 1.54) is 0 Å². The molecule has 4 nitrogen and oxygen atoms in total. The topological polar surface area (TPSA) is 58.6 Å². The van der Waals surface area contributed by atoms with Crippen LogP contribution in [0.25, 0.3) is 0 Å². The molecule has 2 N–H and O–H groups in total. The van der Waals surface area contributed by atoms with E-state index in [0.717, 1.165) is 16.5 Å². The molecule has 0 fully saturated rings. The Kier molecular flexibility index (Phi) is 6.87. The fourth-order valence-electron chi connectivity index (χ4n) is 1.87. The molecule has 0 heterocycles. The van der Waals surface area contributed by atoms with E-state index in [2.05, 4.69) is 21.2 Å². The first-order valence-corrected chi connectivity index (χ1v) is 7.12. The van der Waals surface area contributed by atoms with Crippen molar-refractivity contribution in [3.05, 3.63) is 28.2 Å². The van der Waals surface area contributed by atoms with Gasteiger partial charge in [-0.2, -0.15) is 0 Å². The fourth-order valence-corrected chi connectivity index (χ4v) is 2.28. The zero-order chi connectivity index (χ0) is 14.3. The SMILES string of the molecule is CCC(CCO)NC(=O)Cc1cc(Br)ccc1OC. The number of hydrogen-bond donors (Lipinski definition) is 2. The highest BCUT2D eigenvalue weighted by molar-refractivity contribution is 9.10. The number of carbonyl (C=O) groups excluding carboxylic acids is 1. The summed E-state index contributed by atoms with van der Waals surface area (Å²) in [5, 5.41) is 11.8. The molecule has 0 aromatic heterocycles. The van der Waals surface area contributed by atoms with Crippen molar-refractivity contribution in [2.75, 3.05) is 13.7 Å². The summed E-state index contributed by atoms with van der Waals surface area (Å²) >= 11 is 3.38. The van der Waals surface area contributed by atoms with Gasteiger partial charge < -0.3 is 15.2 Å². The molecule has 106 valence electrons. The number of amides is 1. The maximum absolute atomic E-state index is 12.0. The Morgan fingerprint density at radius 3 is 2.84 bits per heavy atom. The van der Waals surface area contributed by atoms with Crippen molar-refractivity contribution in [3.63, 3.8) is 0 Å². The van der Waals surface area contributed by atoms with Crippen LogP contribution in [-0.4, -0.2) is 30.8 Å². The molecule has 0 aliphatic carbocycles. The monoisotopic (exact) mass is 329 g/mol. The first kappa shape index (κ1) is 16.0. The molecule has 1 atom stereocenters. The van der Waals surface area contributed by atoms with Gasteiger partial charge in [0.15, 0.2) is 0 Å². The van der Waals surface area contributed by atoms with Crippen molar-refractivity contribution in [2.24, 2.45) is 0 Å². The van der Waals surface area contributed by atoms with E-state index < -0.39 is 0 Å². The van der Waals surface area contributed by atoms with Crippen molar-refractivity contribution < 1.29 is 14.6 Å². The highest BCUT2D eigenvalue weighted by Crippen LogP contribution is 2.23. The molecule has 1 rings (SSSR count). The van der Waals surface area contributed by atoms with E-state index >= 15 is 0 Å². The first-order valence-electron chi connectivity index (χ1n) is 6.33. The van der Waals surface area contributed by atoms with Gasteiger partial charge in [0.1, 0.15) is 5.75 Å². The van der Waals surface area contributed by atoms with E-state index in [4.69, 9.17) is 9.84 Å². The summed E-state index contributed by atoms with van der Waals surface area (Å²) in [4.78, 5) is 12.0. The van der Waals surface area contributed by atoms with Crippen LogP contribution in [0, 0.1) is 0 Å². The molecule has 5 heteroatoms. The second-order valence-electron chi connectivity index (χ2n) is 4.32. The van der Waals surface area contributed by atoms with Crippen LogP contribution in [0.2, 0.25) is 0 Å². The Balaban J connectivity index is 2.68. The zero-order valence-electron chi connectivity index (χ0n) is 11.3. The van der Waals surface area contributed by atoms with Crippen LogP contribution < -0.4 is 10.1 Å². The third kappa shape index (κ3) is 5.20. The quantitative estimate of drug-likeness (QED) is 0.806. The fraction of sp³-hybridized carbons (Fsp3) is 0.500. The van der Waals surface area contributed by atoms with Gasteiger partial charge in [0.2, 0.25) is 5.91 Å². The molecule has 1 amide bonds. The third-order valence-corrected chi connectivity index (χ3v) is 3.42. The standard InChI is InChI=1S/C14H20BrNO3/c1-3-12(6-7-17)16-14(18)9-10-8-11(15)4-5-13(10)19-2/h4-5,8,12,17H,3,6-7,9H2,1-2H3,(H,16,18). The number of rotatable bonds is 7. The van der Waals surface area contributed by atoms with Gasteiger partial charge in [0, 0.05) is 22.7 Å². The first-order chi connectivity index (χ1) is 9.10. The second kappa shape index (κ2) is 8.17. The Labute approximate surface area is 122 Å². The summed E-state index contributed by atoms with van der Waals surface area (Å²) in [6, 6.07) is 5.61. The summed E-state index contributed by atoms with van der Waals surface area (Å²) in [5.74, 6) is 0.644. The molecule has 0 aliphatic heterocycles. The number of benzene rings is 1. The van der Waals surface area contributed by atoms with Crippen LogP contribution in [0.5, 0.6) is 5.75 Å². The van der Waals surface area contributed by atoms with Crippen LogP contribution in [0.15, 0.2) is 22.7 Å². The van der Waals surface area contributed by atoms with E-state index in [1.54, 1.807) is 7.11 Å². The zero-order valence-corrected chi connectivity index (χ0v) is 12.9. The largest absolute Gasteiger partial charge is 0.496 e. The minimum absolute atomic E-state index is 0.0237. The number of nitrogens with one attached hydrogen (secondary N) is 1. The second-order valence-corrected chi connectivity index (χ2v) is 5.23. The summed E-state index contributed by atoms with van der Waals surface area (Å²) in [7, 11) is 1.59. The predicted molar refractivity (Wildman–Crippen MR) is 78.3 cm³/mol. The van der Waals surface area contributed by atoms with Crippen molar-refractivity contribution in [1.82, 2.24) is 5.32 Å². The van der Waals surface area contributed by atoms with Gasteiger partial charge in [0.05, 0.1) is 13.5 Å². The Morgan fingerprint density at radius 1 is 1.53 bits per heavy atom. The molecule has 0 bridgehead atoms. The summed E-state index contributed by atoms with van der Waals surface area (Å²) < 4.78 is 6.15. The van der Waals surface area contributed by atoms with Crippen molar-refractivity contribution in [2.45, 2.75) is 32.2 Å². The minimum atomic E-state index is -0.0586. The molecule has 0 spiro atoms. The number of halogens is 1. The number of hydrogen-bond acceptors (Lipinski definition) is 3. The molecule has 1 aromatic carbocycles. The number of ether oxygens (including phenoxy) is 1. The lowest BCUT2D eigenvalue weighted by molar-refractivity contribution is -0.121. The Bertz CT molecular complexity index is 423. The van der Waals surface area contributed by atoms with E-state index in [1.807, 2.05) is 25.1 Å². The van der Waals surface area contributed by atoms with Gasteiger partial charge in [-0.25, -0.2) is 0 Å². The lowest BCUT2D eigenvalue weighted by atomic mass is 10.1. The van der Waals surface area contributed by atoms with Crippen LogP contribution >= 0.6 is 15.9 Å².